The SMILES string of the molecule is CC(=O)N1CCOC[C@@H]1c1nc(-c2ccc(-c3ccccc3)cc2)no1. The summed E-state index contributed by atoms with van der Waals surface area (Å²) in [6.45, 7) is 2.97. The van der Waals surface area contributed by atoms with Crippen LogP contribution >= 0.6 is 0 Å². The molecule has 1 aromatic heterocycles. The number of morpholine rings is 1. The van der Waals surface area contributed by atoms with Gasteiger partial charge in [0.2, 0.25) is 11.7 Å². The first-order valence-electron chi connectivity index (χ1n) is 8.57. The molecule has 1 aliphatic rings. The number of carbonyl (C=O) groups is 1. The van der Waals surface area contributed by atoms with Gasteiger partial charge in [0.15, 0.2) is 0 Å². The summed E-state index contributed by atoms with van der Waals surface area (Å²) in [5.74, 6) is 0.890. The zero-order chi connectivity index (χ0) is 17.9. The summed E-state index contributed by atoms with van der Waals surface area (Å²) in [6.07, 6.45) is 0. The van der Waals surface area contributed by atoms with Crippen LogP contribution in [0.15, 0.2) is 59.1 Å². The van der Waals surface area contributed by atoms with Crippen molar-refractivity contribution >= 4 is 5.91 Å². The summed E-state index contributed by atoms with van der Waals surface area (Å²) < 4.78 is 10.9. The molecule has 2 aromatic carbocycles. The average Bonchev–Trinajstić information content (AvgIpc) is 3.19. The molecule has 0 bridgehead atoms. The molecule has 0 saturated carbocycles. The van der Waals surface area contributed by atoms with Gasteiger partial charge >= 0.3 is 0 Å². The Balaban J connectivity index is 1.57. The van der Waals surface area contributed by atoms with E-state index < -0.39 is 0 Å². The number of hydrogen-bond donors (Lipinski definition) is 0. The first-order chi connectivity index (χ1) is 12.7. The van der Waals surface area contributed by atoms with Crippen LogP contribution in [0.1, 0.15) is 18.9 Å². The number of benzene rings is 2. The van der Waals surface area contributed by atoms with Crippen molar-refractivity contribution in [1.82, 2.24) is 15.0 Å². The quantitative estimate of drug-likeness (QED) is 0.725. The molecule has 3 aromatic rings. The Kier molecular flexibility index (Phi) is 4.50. The number of carbonyl (C=O) groups excluding carboxylic acids is 1. The standard InChI is InChI=1S/C20H19N3O3/c1-14(24)23-11-12-25-13-18(23)20-21-19(22-26-20)17-9-7-16(8-10-17)15-5-3-2-4-6-15/h2-10,18H,11-13H2,1H3/t18-/m1/s1. The maximum absolute atomic E-state index is 11.8. The van der Waals surface area contributed by atoms with Crippen molar-refractivity contribution in [3.63, 3.8) is 0 Å². The van der Waals surface area contributed by atoms with Crippen LogP contribution in [-0.4, -0.2) is 40.7 Å². The largest absolute Gasteiger partial charge is 0.377 e. The second kappa shape index (κ2) is 7.09. The van der Waals surface area contributed by atoms with Crippen LogP contribution in [0.2, 0.25) is 0 Å². The van der Waals surface area contributed by atoms with Gasteiger partial charge in [-0.05, 0) is 11.1 Å². The van der Waals surface area contributed by atoms with Gasteiger partial charge in [-0.1, -0.05) is 59.8 Å². The highest BCUT2D eigenvalue weighted by molar-refractivity contribution is 5.74. The summed E-state index contributed by atoms with van der Waals surface area (Å²) in [7, 11) is 0. The van der Waals surface area contributed by atoms with Crippen molar-refractivity contribution < 1.29 is 14.1 Å². The van der Waals surface area contributed by atoms with Crippen LogP contribution in [0.5, 0.6) is 0 Å². The topological polar surface area (TPSA) is 68.5 Å². The van der Waals surface area contributed by atoms with Gasteiger partial charge < -0.3 is 14.2 Å². The van der Waals surface area contributed by atoms with Crippen LogP contribution in [0.3, 0.4) is 0 Å². The van der Waals surface area contributed by atoms with E-state index in [0.717, 1.165) is 16.7 Å². The van der Waals surface area contributed by atoms with E-state index in [0.29, 0.717) is 31.5 Å². The third-order valence-electron chi connectivity index (χ3n) is 4.51. The second-order valence-electron chi connectivity index (χ2n) is 6.20. The fourth-order valence-corrected chi connectivity index (χ4v) is 3.12. The number of hydrogen-bond acceptors (Lipinski definition) is 5. The lowest BCUT2D eigenvalue weighted by Crippen LogP contribution is -2.42. The molecule has 26 heavy (non-hydrogen) atoms. The van der Waals surface area contributed by atoms with E-state index in [1.165, 1.54) is 6.92 Å². The van der Waals surface area contributed by atoms with Gasteiger partial charge in [-0.15, -0.1) is 0 Å². The molecular formula is C20H19N3O3. The number of ether oxygens (including phenoxy) is 1. The Hall–Kier alpha value is -2.99. The zero-order valence-electron chi connectivity index (χ0n) is 14.5. The van der Waals surface area contributed by atoms with E-state index in [1.54, 1.807) is 4.90 Å². The van der Waals surface area contributed by atoms with Crippen molar-refractivity contribution in [3.8, 4) is 22.5 Å². The molecule has 0 radical (unpaired) electrons. The first kappa shape index (κ1) is 16.5. The van der Waals surface area contributed by atoms with Gasteiger partial charge in [-0.2, -0.15) is 4.98 Å². The van der Waals surface area contributed by atoms with Crippen molar-refractivity contribution in [3.05, 3.63) is 60.5 Å². The minimum absolute atomic E-state index is 0.0229. The number of rotatable bonds is 3. The van der Waals surface area contributed by atoms with E-state index in [9.17, 15) is 4.79 Å². The summed E-state index contributed by atoms with van der Waals surface area (Å²) in [5.41, 5.74) is 3.15. The number of amides is 1. The summed E-state index contributed by atoms with van der Waals surface area (Å²) in [6, 6.07) is 17.8. The Bertz CT molecular complexity index is 890. The van der Waals surface area contributed by atoms with E-state index >= 15 is 0 Å². The Morgan fingerprint density at radius 3 is 2.46 bits per heavy atom. The molecule has 132 valence electrons. The number of nitrogens with zero attached hydrogens (tertiary/aromatic N) is 3. The van der Waals surface area contributed by atoms with Crippen LogP contribution < -0.4 is 0 Å². The number of aromatic nitrogens is 2. The highest BCUT2D eigenvalue weighted by Crippen LogP contribution is 2.27. The molecule has 1 saturated heterocycles. The molecule has 6 nitrogen and oxygen atoms in total. The summed E-state index contributed by atoms with van der Waals surface area (Å²) in [4.78, 5) is 18.0. The van der Waals surface area contributed by atoms with E-state index in [-0.39, 0.29) is 11.9 Å². The molecule has 0 N–H and O–H groups in total. The third kappa shape index (κ3) is 3.23. The molecule has 1 amide bonds. The van der Waals surface area contributed by atoms with E-state index in [4.69, 9.17) is 9.26 Å². The Morgan fingerprint density at radius 1 is 1.04 bits per heavy atom. The first-order valence-corrected chi connectivity index (χ1v) is 8.57. The van der Waals surface area contributed by atoms with Gasteiger partial charge in [-0.3, -0.25) is 4.79 Å². The van der Waals surface area contributed by atoms with Gasteiger partial charge in [0, 0.05) is 19.0 Å². The molecule has 1 fully saturated rings. The Morgan fingerprint density at radius 2 is 1.73 bits per heavy atom. The minimum atomic E-state index is -0.328. The maximum atomic E-state index is 11.8. The van der Waals surface area contributed by atoms with E-state index in [1.807, 2.05) is 42.5 Å². The van der Waals surface area contributed by atoms with Gasteiger partial charge in [0.05, 0.1) is 13.2 Å². The molecule has 0 spiro atoms. The third-order valence-corrected chi connectivity index (χ3v) is 4.51. The highest BCUT2D eigenvalue weighted by atomic mass is 16.5. The second-order valence-corrected chi connectivity index (χ2v) is 6.20. The lowest BCUT2D eigenvalue weighted by atomic mass is 10.0. The van der Waals surface area contributed by atoms with Crippen molar-refractivity contribution in [2.75, 3.05) is 19.8 Å². The van der Waals surface area contributed by atoms with E-state index in [2.05, 4.69) is 22.3 Å². The average molecular weight is 349 g/mol. The molecule has 6 heteroatoms. The highest BCUT2D eigenvalue weighted by Gasteiger charge is 2.31. The van der Waals surface area contributed by atoms with Crippen molar-refractivity contribution in [2.24, 2.45) is 0 Å². The molecule has 4 rings (SSSR count). The molecule has 2 heterocycles. The summed E-state index contributed by atoms with van der Waals surface area (Å²) in [5, 5.41) is 4.08. The predicted molar refractivity (Wildman–Crippen MR) is 96.1 cm³/mol. The van der Waals surface area contributed by atoms with Gasteiger partial charge in [-0.25, -0.2) is 0 Å². The van der Waals surface area contributed by atoms with Crippen LogP contribution in [0.4, 0.5) is 0 Å². The van der Waals surface area contributed by atoms with Crippen LogP contribution in [0, 0.1) is 0 Å². The maximum Gasteiger partial charge on any atom is 0.252 e. The van der Waals surface area contributed by atoms with Gasteiger partial charge in [0.1, 0.15) is 6.04 Å². The lowest BCUT2D eigenvalue weighted by Gasteiger charge is -2.32. The fourth-order valence-electron chi connectivity index (χ4n) is 3.12. The minimum Gasteiger partial charge on any atom is -0.377 e. The van der Waals surface area contributed by atoms with Gasteiger partial charge in [0.25, 0.3) is 5.89 Å². The summed E-state index contributed by atoms with van der Waals surface area (Å²) >= 11 is 0. The van der Waals surface area contributed by atoms with Crippen LogP contribution in [-0.2, 0) is 9.53 Å². The molecule has 0 unspecified atom stereocenters. The van der Waals surface area contributed by atoms with Crippen LogP contribution in [0.25, 0.3) is 22.5 Å². The predicted octanol–water partition coefficient (Wildman–Crippen LogP) is 3.32. The fraction of sp³-hybridized carbons (Fsp3) is 0.250. The lowest BCUT2D eigenvalue weighted by molar-refractivity contribution is -0.138. The molecule has 0 aliphatic carbocycles. The molecular weight excluding hydrogens is 330 g/mol. The zero-order valence-corrected chi connectivity index (χ0v) is 14.5. The normalized spacial score (nSPS) is 17.3. The molecule has 1 aliphatic heterocycles. The monoisotopic (exact) mass is 349 g/mol. The smallest absolute Gasteiger partial charge is 0.252 e. The Labute approximate surface area is 151 Å². The van der Waals surface area contributed by atoms with Crippen molar-refractivity contribution in [2.45, 2.75) is 13.0 Å². The van der Waals surface area contributed by atoms with Crippen molar-refractivity contribution in [1.29, 1.82) is 0 Å². The molecule has 1 atom stereocenters.